The van der Waals surface area contributed by atoms with Crippen molar-refractivity contribution in [3.63, 3.8) is 0 Å². The van der Waals surface area contributed by atoms with Gasteiger partial charge < -0.3 is 11.1 Å². The average Bonchev–Trinajstić information content (AvgIpc) is 2.24. The molecule has 4 heteroatoms. The molecule has 0 heterocycles. The van der Waals surface area contributed by atoms with Gasteiger partial charge in [0.05, 0.1) is 0 Å². The van der Waals surface area contributed by atoms with Crippen LogP contribution in [-0.2, 0) is 0 Å². The lowest BCUT2D eigenvalue weighted by molar-refractivity contribution is 0.547. The van der Waals surface area contributed by atoms with E-state index in [1.807, 2.05) is 6.92 Å². The molecule has 1 rings (SSSR count). The Morgan fingerprint density at radius 1 is 1.44 bits per heavy atom. The Kier molecular flexibility index (Phi) is 5.74. The Balaban J connectivity index is 2.49. The van der Waals surface area contributed by atoms with Crippen molar-refractivity contribution >= 4 is 11.6 Å². The van der Waals surface area contributed by atoms with Crippen LogP contribution >= 0.6 is 11.6 Å². The van der Waals surface area contributed by atoms with E-state index in [2.05, 4.69) is 5.32 Å². The molecule has 0 aromatic heterocycles. The molecule has 1 atom stereocenters. The summed E-state index contributed by atoms with van der Waals surface area (Å²) in [5.74, 6) is -0.302. The largest absolute Gasteiger partial charge is 0.330 e. The number of nitrogens with one attached hydrogen (secondary N) is 1. The third-order valence-electron chi connectivity index (χ3n) is 2.51. The maximum Gasteiger partial charge on any atom is 0.124 e. The van der Waals surface area contributed by atoms with Gasteiger partial charge in [0.25, 0.3) is 0 Å². The molecule has 0 aliphatic heterocycles. The lowest BCUT2D eigenvalue weighted by Crippen LogP contribution is -2.20. The number of rotatable bonds is 6. The zero-order valence-corrected chi connectivity index (χ0v) is 10.2. The highest BCUT2D eigenvalue weighted by Crippen LogP contribution is 2.23. The van der Waals surface area contributed by atoms with E-state index in [1.165, 1.54) is 12.1 Å². The topological polar surface area (TPSA) is 38.0 Å². The second-order valence-electron chi connectivity index (χ2n) is 3.84. The van der Waals surface area contributed by atoms with Gasteiger partial charge in [-0.3, -0.25) is 0 Å². The lowest BCUT2D eigenvalue weighted by Gasteiger charge is -2.15. The molecule has 0 fully saturated rings. The summed E-state index contributed by atoms with van der Waals surface area (Å²) in [6.07, 6.45) is 2.05. The highest BCUT2D eigenvalue weighted by molar-refractivity contribution is 6.31. The van der Waals surface area contributed by atoms with Gasteiger partial charge in [0.1, 0.15) is 5.82 Å². The van der Waals surface area contributed by atoms with Gasteiger partial charge in [-0.2, -0.15) is 0 Å². The molecule has 0 saturated carbocycles. The Morgan fingerprint density at radius 3 is 2.81 bits per heavy atom. The van der Waals surface area contributed by atoms with E-state index in [4.69, 9.17) is 17.3 Å². The minimum absolute atomic E-state index is 0.130. The van der Waals surface area contributed by atoms with Crippen LogP contribution in [0.5, 0.6) is 0 Å². The summed E-state index contributed by atoms with van der Waals surface area (Å²) in [7, 11) is 0. The van der Waals surface area contributed by atoms with Crippen LogP contribution in [0, 0.1) is 5.82 Å². The third kappa shape index (κ3) is 4.08. The summed E-state index contributed by atoms with van der Waals surface area (Å²) in [6.45, 7) is 3.63. The Hall–Kier alpha value is -0.640. The number of hydrogen-bond acceptors (Lipinski definition) is 2. The highest BCUT2D eigenvalue weighted by Gasteiger charge is 2.09. The van der Waals surface area contributed by atoms with Crippen molar-refractivity contribution in [3.05, 3.63) is 34.6 Å². The van der Waals surface area contributed by atoms with Crippen molar-refractivity contribution in [2.75, 3.05) is 13.1 Å². The molecule has 1 aromatic rings. The van der Waals surface area contributed by atoms with E-state index in [0.29, 0.717) is 11.6 Å². The first-order chi connectivity index (χ1) is 7.65. The fourth-order valence-corrected chi connectivity index (χ4v) is 1.88. The molecule has 0 amide bonds. The molecule has 1 unspecified atom stereocenters. The van der Waals surface area contributed by atoms with Crippen molar-refractivity contribution in [2.45, 2.75) is 25.8 Å². The van der Waals surface area contributed by atoms with E-state index >= 15 is 0 Å². The fourth-order valence-electron chi connectivity index (χ4n) is 1.55. The SMILES string of the molecule is CC(NCCCCN)c1ccc(F)cc1Cl. The quantitative estimate of drug-likeness (QED) is 0.756. The molecule has 0 spiro atoms. The maximum atomic E-state index is 12.8. The number of unbranched alkanes of at least 4 members (excludes halogenated alkanes) is 1. The molecule has 0 bridgehead atoms. The summed E-state index contributed by atoms with van der Waals surface area (Å²) >= 11 is 5.96. The van der Waals surface area contributed by atoms with Gasteiger partial charge in [-0.1, -0.05) is 17.7 Å². The molecular formula is C12H18ClFN2. The van der Waals surface area contributed by atoms with Crippen molar-refractivity contribution in [3.8, 4) is 0 Å². The van der Waals surface area contributed by atoms with Crippen LogP contribution in [0.15, 0.2) is 18.2 Å². The predicted octanol–water partition coefficient (Wildman–Crippen LogP) is 2.87. The molecule has 0 saturated heterocycles. The van der Waals surface area contributed by atoms with Crippen molar-refractivity contribution < 1.29 is 4.39 Å². The lowest BCUT2D eigenvalue weighted by atomic mass is 10.1. The van der Waals surface area contributed by atoms with Gasteiger partial charge in [-0.25, -0.2) is 4.39 Å². The number of benzene rings is 1. The number of nitrogens with two attached hydrogens (primary N) is 1. The van der Waals surface area contributed by atoms with Crippen LogP contribution in [0.3, 0.4) is 0 Å². The van der Waals surface area contributed by atoms with Gasteiger partial charge in [-0.15, -0.1) is 0 Å². The summed E-state index contributed by atoms with van der Waals surface area (Å²) in [4.78, 5) is 0. The van der Waals surface area contributed by atoms with Crippen molar-refractivity contribution in [1.82, 2.24) is 5.32 Å². The zero-order chi connectivity index (χ0) is 12.0. The summed E-state index contributed by atoms with van der Waals surface area (Å²) < 4.78 is 12.8. The Labute approximate surface area is 101 Å². The fraction of sp³-hybridized carbons (Fsp3) is 0.500. The number of hydrogen-bond donors (Lipinski definition) is 2. The van der Waals surface area contributed by atoms with E-state index in [0.717, 1.165) is 24.9 Å². The minimum Gasteiger partial charge on any atom is -0.330 e. The van der Waals surface area contributed by atoms with Crippen LogP contribution in [0.4, 0.5) is 4.39 Å². The molecule has 1 aromatic carbocycles. The molecule has 16 heavy (non-hydrogen) atoms. The molecule has 3 N–H and O–H groups in total. The summed E-state index contributed by atoms with van der Waals surface area (Å²) in [5, 5.41) is 3.80. The van der Waals surface area contributed by atoms with Crippen LogP contribution in [0.2, 0.25) is 5.02 Å². The van der Waals surface area contributed by atoms with E-state index in [-0.39, 0.29) is 11.9 Å². The standard InChI is InChI=1S/C12H18ClFN2/c1-9(16-7-3-2-6-15)11-5-4-10(14)8-12(11)13/h4-5,8-9,16H,2-3,6-7,15H2,1H3. The second kappa shape index (κ2) is 6.84. The maximum absolute atomic E-state index is 12.8. The second-order valence-corrected chi connectivity index (χ2v) is 4.24. The first-order valence-electron chi connectivity index (χ1n) is 5.53. The molecule has 2 nitrogen and oxygen atoms in total. The number of halogens is 2. The minimum atomic E-state index is -0.302. The smallest absolute Gasteiger partial charge is 0.124 e. The van der Waals surface area contributed by atoms with E-state index in [9.17, 15) is 4.39 Å². The van der Waals surface area contributed by atoms with Crippen LogP contribution in [0.1, 0.15) is 31.4 Å². The van der Waals surface area contributed by atoms with E-state index in [1.54, 1.807) is 6.07 Å². The molecule has 0 radical (unpaired) electrons. The van der Waals surface area contributed by atoms with E-state index < -0.39 is 0 Å². The molecule has 0 aliphatic rings. The van der Waals surface area contributed by atoms with Gasteiger partial charge in [0, 0.05) is 11.1 Å². The predicted molar refractivity (Wildman–Crippen MR) is 66.1 cm³/mol. The monoisotopic (exact) mass is 244 g/mol. The molecule has 90 valence electrons. The van der Waals surface area contributed by atoms with Gasteiger partial charge in [0.2, 0.25) is 0 Å². The van der Waals surface area contributed by atoms with Crippen molar-refractivity contribution in [2.24, 2.45) is 5.73 Å². The average molecular weight is 245 g/mol. The van der Waals surface area contributed by atoms with Crippen LogP contribution in [-0.4, -0.2) is 13.1 Å². The van der Waals surface area contributed by atoms with Crippen molar-refractivity contribution in [1.29, 1.82) is 0 Å². The molecule has 0 aliphatic carbocycles. The summed E-state index contributed by atoms with van der Waals surface area (Å²) in [6, 6.07) is 4.62. The van der Waals surface area contributed by atoms with Crippen LogP contribution in [0.25, 0.3) is 0 Å². The first-order valence-corrected chi connectivity index (χ1v) is 5.91. The zero-order valence-electron chi connectivity index (χ0n) is 9.47. The Morgan fingerprint density at radius 2 is 2.19 bits per heavy atom. The van der Waals surface area contributed by atoms with Gasteiger partial charge in [0.15, 0.2) is 0 Å². The Bertz CT molecular complexity index is 331. The van der Waals surface area contributed by atoms with Gasteiger partial charge >= 0.3 is 0 Å². The van der Waals surface area contributed by atoms with Crippen LogP contribution < -0.4 is 11.1 Å². The molecular weight excluding hydrogens is 227 g/mol. The summed E-state index contributed by atoms with van der Waals surface area (Å²) in [5.41, 5.74) is 6.33. The first kappa shape index (κ1) is 13.4. The normalized spacial score (nSPS) is 12.8. The third-order valence-corrected chi connectivity index (χ3v) is 2.84. The van der Waals surface area contributed by atoms with Gasteiger partial charge in [-0.05, 0) is 50.6 Å². The highest BCUT2D eigenvalue weighted by atomic mass is 35.5.